The Hall–Kier alpha value is 0.194. The van der Waals surface area contributed by atoms with Crippen LogP contribution in [-0.2, 0) is 26.6 Å². The monoisotopic (exact) mass is 352 g/mol. The molecular formula is C14H32O6Si2. The second kappa shape index (κ2) is 9.48. The van der Waals surface area contributed by atoms with Crippen molar-refractivity contribution in [3.63, 3.8) is 0 Å². The van der Waals surface area contributed by atoms with Crippen molar-refractivity contribution in [1.82, 2.24) is 0 Å². The van der Waals surface area contributed by atoms with Crippen molar-refractivity contribution in [2.45, 2.75) is 43.7 Å². The SMILES string of the molecule is CO[Si](CC[C@H]1CCCC[C@@H]1[Si](OC)(OC)OC)(OC)OC. The van der Waals surface area contributed by atoms with Gasteiger partial charge >= 0.3 is 17.6 Å². The molecule has 0 radical (unpaired) electrons. The van der Waals surface area contributed by atoms with Gasteiger partial charge in [-0.25, -0.2) is 0 Å². The smallest absolute Gasteiger partial charge is 0.377 e. The van der Waals surface area contributed by atoms with Crippen LogP contribution >= 0.6 is 0 Å². The predicted molar refractivity (Wildman–Crippen MR) is 88.7 cm³/mol. The third kappa shape index (κ3) is 4.38. The second-order valence-corrected chi connectivity index (χ2v) is 12.0. The first-order valence-corrected chi connectivity index (χ1v) is 11.6. The first-order valence-electron chi connectivity index (χ1n) is 7.87. The standard InChI is InChI=1S/C14H32O6Si2/c1-15-21(16-2,17-3)12-11-13-9-7-8-10-14(13)22(18-4,19-5)20-6/h13-14H,7-12H2,1-6H3/t13-,14+/m1/s1. The Balaban J connectivity index is 2.81. The van der Waals surface area contributed by atoms with Crippen LogP contribution in [0.4, 0.5) is 0 Å². The molecule has 0 aromatic carbocycles. The van der Waals surface area contributed by atoms with Crippen LogP contribution < -0.4 is 0 Å². The molecule has 0 heterocycles. The Morgan fingerprint density at radius 3 is 1.68 bits per heavy atom. The molecule has 1 aliphatic rings. The van der Waals surface area contributed by atoms with Gasteiger partial charge in [0.1, 0.15) is 0 Å². The Morgan fingerprint density at radius 1 is 0.727 bits per heavy atom. The van der Waals surface area contributed by atoms with Crippen molar-refractivity contribution in [3.8, 4) is 0 Å². The minimum atomic E-state index is -2.61. The van der Waals surface area contributed by atoms with Crippen molar-refractivity contribution in [2.75, 3.05) is 42.7 Å². The molecule has 1 aliphatic carbocycles. The zero-order valence-electron chi connectivity index (χ0n) is 14.8. The number of rotatable bonds is 10. The fourth-order valence-electron chi connectivity index (χ4n) is 3.64. The molecule has 0 saturated heterocycles. The van der Waals surface area contributed by atoms with Crippen molar-refractivity contribution in [1.29, 1.82) is 0 Å². The molecule has 8 heteroatoms. The molecule has 0 aromatic heterocycles. The van der Waals surface area contributed by atoms with E-state index < -0.39 is 17.6 Å². The minimum Gasteiger partial charge on any atom is -0.377 e. The van der Waals surface area contributed by atoms with E-state index >= 15 is 0 Å². The van der Waals surface area contributed by atoms with Crippen LogP contribution in [0, 0.1) is 5.92 Å². The van der Waals surface area contributed by atoms with Crippen LogP contribution in [0.2, 0.25) is 11.6 Å². The predicted octanol–water partition coefficient (Wildman–Crippen LogP) is 2.69. The summed E-state index contributed by atoms with van der Waals surface area (Å²) in [5.41, 5.74) is 0.332. The van der Waals surface area contributed by atoms with Gasteiger partial charge in [0.2, 0.25) is 0 Å². The molecule has 0 bridgehead atoms. The van der Waals surface area contributed by atoms with Crippen molar-refractivity contribution in [2.24, 2.45) is 5.92 Å². The van der Waals surface area contributed by atoms with Gasteiger partial charge in [0.15, 0.2) is 0 Å². The van der Waals surface area contributed by atoms with Crippen LogP contribution in [0.3, 0.4) is 0 Å². The molecule has 0 aliphatic heterocycles. The van der Waals surface area contributed by atoms with E-state index in [2.05, 4.69) is 0 Å². The highest BCUT2D eigenvalue weighted by atomic mass is 28.4. The lowest BCUT2D eigenvalue weighted by atomic mass is 9.87. The highest BCUT2D eigenvalue weighted by molar-refractivity contribution is 6.62. The molecule has 0 N–H and O–H groups in total. The summed E-state index contributed by atoms with van der Waals surface area (Å²) < 4.78 is 33.8. The molecule has 0 amide bonds. The molecule has 22 heavy (non-hydrogen) atoms. The maximum Gasteiger partial charge on any atom is 0.503 e. The Morgan fingerprint density at radius 2 is 1.23 bits per heavy atom. The number of hydrogen-bond donors (Lipinski definition) is 0. The van der Waals surface area contributed by atoms with Crippen molar-refractivity contribution >= 4 is 17.6 Å². The van der Waals surface area contributed by atoms with Crippen LogP contribution in [0.15, 0.2) is 0 Å². The van der Waals surface area contributed by atoms with Crippen molar-refractivity contribution in [3.05, 3.63) is 0 Å². The molecule has 6 nitrogen and oxygen atoms in total. The Kier molecular flexibility index (Phi) is 8.72. The van der Waals surface area contributed by atoms with Crippen molar-refractivity contribution < 1.29 is 26.6 Å². The molecule has 0 unspecified atom stereocenters. The van der Waals surface area contributed by atoms with E-state index in [1.807, 2.05) is 0 Å². The van der Waals surface area contributed by atoms with Crippen LogP contribution in [0.1, 0.15) is 32.1 Å². The molecular weight excluding hydrogens is 320 g/mol. The van der Waals surface area contributed by atoms with Crippen LogP contribution in [0.5, 0.6) is 0 Å². The topological polar surface area (TPSA) is 55.4 Å². The van der Waals surface area contributed by atoms with Crippen LogP contribution in [0.25, 0.3) is 0 Å². The summed E-state index contributed by atoms with van der Waals surface area (Å²) in [6, 6.07) is 0.805. The highest BCUT2D eigenvalue weighted by Gasteiger charge is 2.52. The van der Waals surface area contributed by atoms with Gasteiger partial charge in [0, 0.05) is 54.2 Å². The van der Waals surface area contributed by atoms with Gasteiger partial charge in [-0.2, -0.15) is 0 Å². The summed E-state index contributed by atoms with van der Waals surface area (Å²) >= 11 is 0. The molecule has 1 rings (SSSR count). The van der Waals surface area contributed by atoms with Gasteiger partial charge in [-0.05, 0) is 18.8 Å². The largest absolute Gasteiger partial charge is 0.503 e. The maximum atomic E-state index is 5.73. The van der Waals surface area contributed by atoms with Gasteiger partial charge in [0.25, 0.3) is 0 Å². The highest BCUT2D eigenvalue weighted by Crippen LogP contribution is 2.45. The van der Waals surface area contributed by atoms with E-state index in [4.69, 9.17) is 26.6 Å². The fourth-order valence-corrected chi connectivity index (χ4v) is 8.35. The van der Waals surface area contributed by atoms with Gasteiger partial charge in [-0.1, -0.05) is 19.3 Å². The van der Waals surface area contributed by atoms with E-state index in [1.54, 1.807) is 42.7 Å². The maximum absolute atomic E-state index is 5.73. The van der Waals surface area contributed by atoms with E-state index in [0.717, 1.165) is 25.3 Å². The third-order valence-electron chi connectivity index (χ3n) is 4.97. The average Bonchev–Trinajstić information content (AvgIpc) is 2.60. The second-order valence-electron chi connectivity index (χ2n) is 5.70. The van der Waals surface area contributed by atoms with E-state index in [0.29, 0.717) is 11.5 Å². The fraction of sp³-hybridized carbons (Fsp3) is 1.00. The first-order chi connectivity index (χ1) is 10.6. The summed E-state index contributed by atoms with van der Waals surface area (Å²) in [5, 5.41) is 0. The molecule has 0 spiro atoms. The van der Waals surface area contributed by atoms with Crippen LogP contribution in [-0.4, -0.2) is 60.3 Å². The molecule has 2 atom stereocenters. The number of hydrogen-bond acceptors (Lipinski definition) is 6. The zero-order valence-corrected chi connectivity index (χ0v) is 16.8. The third-order valence-corrected chi connectivity index (χ3v) is 11.1. The van der Waals surface area contributed by atoms with E-state index in [1.165, 1.54) is 12.8 Å². The molecule has 0 aromatic rings. The van der Waals surface area contributed by atoms with E-state index in [9.17, 15) is 0 Å². The summed E-state index contributed by atoms with van der Waals surface area (Å²) in [4.78, 5) is 0. The lowest BCUT2D eigenvalue weighted by molar-refractivity contribution is 0.0879. The average molecular weight is 353 g/mol. The molecule has 1 saturated carbocycles. The van der Waals surface area contributed by atoms with Gasteiger partial charge in [0.05, 0.1) is 0 Å². The van der Waals surface area contributed by atoms with E-state index in [-0.39, 0.29) is 0 Å². The normalized spacial score (nSPS) is 23.7. The molecule has 132 valence electrons. The lowest BCUT2D eigenvalue weighted by Crippen LogP contribution is -2.51. The first kappa shape index (κ1) is 20.2. The minimum absolute atomic E-state index is 0.332. The zero-order chi connectivity index (χ0) is 16.6. The van der Waals surface area contributed by atoms with Gasteiger partial charge in [-0.3, -0.25) is 0 Å². The quantitative estimate of drug-likeness (QED) is 0.564. The lowest BCUT2D eigenvalue weighted by Gasteiger charge is -2.40. The summed E-state index contributed by atoms with van der Waals surface area (Å²) in [6.45, 7) is 0. The Labute approximate surface area is 137 Å². The summed E-state index contributed by atoms with van der Waals surface area (Å²) in [5.74, 6) is 0.493. The van der Waals surface area contributed by atoms with Gasteiger partial charge in [-0.15, -0.1) is 0 Å². The summed E-state index contributed by atoms with van der Waals surface area (Å²) in [7, 11) is 4.94. The molecule has 1 fully saturated rings. The Bertz CT molecular complexity index is 293. The summed E-state index contributed by atoms with van der Waals surface area (Å²) in [6.07, 6.45) is 5.68. The van der Waals surface area contributed by atoms with Gasteiger partial charge < -0.3 is 26.6 Å².